The Bertz CT molecular complexity index is 3170. The van der Waals surface area contributed by atoms with E-state index in [0.29, 0.717) is 0 Å². The minimum absolute atomic E-state index is 0.0578. The van der Waals surface area contributed by atoms with Crippen LogP contribution >= 0.6 is 0 Å². The van der Waals surface area contributed by atoms with Crippen molar-refractivity contribution in [3.63, 3.8) is 0 Å². The number of benzene rings is 7. The van der Waals surface area contributed by atoms with Gasteiger partial charge in [0.15, 0.2) is 0 Å². The molecule has 10 atom stereocenters. The average Bonchev–Trinajstić information content (AvgIpc) is 3.62. The van der Waals surface area contributed by atoms with Gasteiger partial charge in [0, 0.05) is 0 Å². The van der Waals surface area contributed by atoms with Gasteiger partial charge in [-0.2, -0.15) is 0 Å². The van der Waals surface area contributed by atoms with Gasteiger partial charge >= 0.3 is 461 Å². The fourth-order valence-corrected chi connectivity index (χ4v) is 11.4. The summed E-state index contributed by atoms with van der Waals surface area (Å²) in [4.78, 5) is 98.2. The number of rotatable bonds is 18. The Hall–Kier alpha value is -8.77. The molecule has 9 rings (SSSR count). The molecular weight excluding hydrogens is 1080 g/mol. The first-order valence-electron chi connectivity index (χ1n) is 24.9. The number of hydrogen-bond acceptors (Lipinski definition) is 17. The molecule has 1 N–H and O–H groups in total. The summed E-state index contributed by atoms with van der Waals surface area (Å²) in [5, 5.41) is 9.67. The van der Waals surface area contributed by atoms with Crippen LogP contribution in [0.3, 0.4) is 0 Å². The van der Waals surface area contributed by atoms with Crippen LogP contribution in [0.25, 0.3) is 0 Å². The van der Waals surface area contributed by atoms with Crippen LogP contribution in [0.4, 0.5) is 0 Å². The van der Waals surface area contributed by atoms with Gasteiger partial charge in [0.1, 0.15) is 0 Å². The molecule has 0 unspecified atom stereocenters. The molecule has 0 aliphatic carbocycles. The summed E-state index contributed by atoms with van der Waals surface area (Å²) in [6.45, 7) is -1.28. The molecule has 2 fully saturated rings. The standard InChI is InChI=1S/C61H50O17Se/c62-47-50(76-57(67)42-30-16-5-17-31-42)48(74-55(65)40-26-12-3-13-27-40)45(36-70-53(63)38-22-8-1-9-23-38)72-60(47)79-61-52(78-59(69)44-34-20-7-21-35-44)51(77-58(68)43-32-18-6-19-33-43)49(75-56(66)41-28-14-4-15-29-41)46(73-61)37-71-54(64)39-24-10-2-11-25-39/h1-35,45-52,60-62H,36-37H2/t45-,46-,47+,48-,49-,50-,51+,52-,60-,61+/m1/s1. The molecule has 0 spiro atoms. The Kier molecular flexibility index (Phi) is 18.5. The van der Waals surface area contributed by atoms with Crippen molar-refractivity contribution in [1.29, 1.82) is 0 Å². The average molecular weight is 1130 g/mol. The molecule has 2 heterocycles. The van der Waals surface area contributed by atoms with Gasteiger partial charge in [0.25, 0.3) is 0 Å². The fraction of sp³-hybridized carbons (Fsp3) is 0.197. The van der Waals surface area contributed by atoms with Crippen molar-refractivity contribution in [3.8, 4) is 0 Å². The second kappa shape index (κ2) is 26.5. The fourth-order valence-electron chi connectivity index (χ4n) is 8.53. The SMILES string of the molecule is O=C(OC[C@H]1O[C@@H]([Se][C@H]2O[C@H](COC(=O)c3ccccc3)[C@@H](OC(=O)c3ccccc3)[C@H](OC(=O)c3ccccc3)[C@@H]2O)[C@H](OC(=O)c2ccccc2)[C@@H](OC(=O)c2ccccc2)[C@@H]1OC(=O)c1ccccc1)c1ccccc1. The van der Waals surface area contributed by atoms with Crippen molar-refractivity contribution in [2.75, 3.05) is 13.2 Å². The van der Waals surface area contributed by atoms with E-state index in [1.807, 2.05) is 0 Å². The van der Waals surface area contributed by atoms with Gasteiger partial charge in [-0.25, -0.2) is 0 Å². The third kappa shape index (κ3) is 14.1. The van der Waals surface area contributed by atoms with Crippen LogP contribution in [0, 0.1) is 0 Å². The molecule has 0 aromatic heterocycles. The molecule has 17 nitrogen and oxygen atoms in total. The van der Waals surface area contributed by atoms with Gasteiger partial charge in [-0.1, -0.05) is 0 Å². The van der Waals surface area contributed by atoms with Crippen LogP contribution in [0.15, 0.2) is 212 Å². The Morgan fingerprint density at radius 1 is 0.316 bits per heavy atom. The monoisotopic (exact) mass is 1130 g/mol. The number of aliphatic hydroxyl groups excluding tert-OH is 1. The van der Waals surface area contributed by atoms with E-state index >= 15 is 0 Å². The molecule has 0 saturated carbocycles. The zero-order chi connectivity index (χ0) is 55.1. The van der Waals surface area contributed by atoms with Crippen LogP contribution in [0.2, 0.25) is 0 Å². The number of esters is 7. The first-order chi connectivity index (χ1) is 38.5. The molecule has 7 aromatic carbocycles. The summed E-state index contributed by atoms with van der Waals surface area (Å²) in [6.07, 6.45) is -13.5. The van der Waals surface area contributed by atoms with E-state index in [1.165, 1.54) is 84.9 Å². The number of carbonyl (C=O) groups is 7. The van der Waals surface area contributed by atoms with E-state index in [2.05, 4.69) is 0 Å². The molecule has 0 radical (unpaired) electrons. The Balaban J connectivity index is 1.14. The number of aliphatic hydroxyl groups is 1. The molecule has 2 saturated heterocycles. The van der Waals surface area contributed by atoms with E-state index in [0.717, 1.165) is 0 Å². The van der Waals surface area contributed by atoms with Gasteiger partial charge in [-0.15, -0.1) is 0 Å². The van der Waals surface area contributed by atoms with Crippen LogP contribution < -0.4 is 0 Å². The molecule has 2 aliphatic heterocycles. The maximum atomic E-state index is 14.4. The number of carbonyl (C=O) groups excluding carboxylic acids is 7. The Morgan fingerprint density at radius 3 is 0.873 bits per heavy atom. The van der Waals surface area contributed by atoms with Crippen LogP contribution in [0.1, 0.15) is 72.5 Å². The van der Waals surface area contributed by atoms with Crippen molar-refractivity contribution in [2.24, 2.45) is 0 Å². The Labute approximate surface area is 459 Å². The van der Waals surface area contributed by atoms with E-state index in [1.54, 1.807) is 127 Å². The van der Waals surface area contributed by atoms with Crippen molar-refractivity contribution in [2.45, 2.75) is 58.8 Å². The number of hydrogen-bond donors (Lipinski definition) is 1. The van der Waals surface area contributed by atoms with Gasteiger partial charge < -0.3 is 0 Å². The zero-order valence-electron chi connectivity index (χ0n) is 41.8. The van der Waals surface area contributed by atoms with Crippen molar-refractivity contribution >= 4 is 56.7 Å². The molecule has 2 aliphatic rings. The van der Waals surface area contributed by atoms with Crippen molar-refractivity contribution in [1.82, 2.24) is 0 Å². The third-order valence-electron chi connectivity index (χ3n) is 12.5. The predicted octanol–water partition coefficient (Wildman–Crippen LogP) is 7.34. The minimum atomic E-state index is -1.90. The predicted molar refractivity (Wildman–Crippen MR) is 281 cm³/mol. The third-order valence-corrected chi connectivity index (χ3v) is 15.3. The van der Waals surface area contributed by atoms with Crippen LogP contribution in [0.5, 0.6) is 0 Å². The van der Waals surface area contributed by atoms with Gasteiger partial charge in [-0.05, 0) is 0 Å². The van der Waals surface area contributed by atoms with Crippen molar-refractivity contribution in [3.05, 3.63) is 251 Å². The van der Waals surface area contributed by atoms with Gasteiger partial charge in [0.05, 0.1) is 0 Å². The first kappa shape index (κ1) is 55.0. The molecule has 0 bridgehead atoms. The maximum absolute atomic E-state index is 14.4. The van der Waals surface area contributed by atoms with E-state index < -0.39 is 129 Å². The van der Waals surface area contributed by atoms with E-state index in [-0.39, 0.29) is 38.9 Å². The summed E-state index contributed by atoms with van der Waals surface area (Å²) in [7, 11) is 0. The molecule has 0 amide bonds. The second-order valence-electron chi connectivity index (χ2n) is 17.8. The van der Waals surface area contributed by atoms with E-state index in [9.17, 15) is 38.7 Å². The molecular formula is C61H50O17Se. The van der Waals surface area contributed by atoms with Crippen LogP contribution in [-0.2, 0) is 42.6 Å². The summed E-state index contributed by atoms with van der Waals surface area (Å²) >= 11 is -1.43. The molecule has 7 aromatic rings. The summed E-state index contributed by atoms with van der Waals surface area (Å²) in [5.74, 6) is -6.21. The Morgan fingerprint density at radius 2 is 0.557 bits per heavy atom. The quantitative estimate of drug-likeness (QED) is 0.0504. The van der Waals surface area contributed by atoms with Gasteiger partial charge in [-0.3, -0.25) is 0 Å². The molecule has 79 heavy (non-hydrogen) atoms. The van der Waals surface area contributed by atoms with Gasteiger partial charge in [0.2, 0.25) is 0 Å². The molecule has 18 heteroatoms. The first-order valence-corrected chi connectivity index (χ1v) is 26.9. The van der Waals surface area contributed by atoms with Crippen molar-refractivity contribution < 1.29 is 81.3 Å². The molecule has 402 valence electrons. The number of ether oxygens (including phenoxy) is 9. The normalized spacial score (nSPS) is 22.4. The topological polar surface area (TPSA) is 223 Å². The van der Waals surface area contributed by atoms with E-state index in [4.69, 9.17) is 42.6 Å². The summed E-state index contributed by atoms with van der Waals surface area (Å²) in [6, 6.07) is 55.2. The van der Waals surface area contributed by atoms with Crippen LogP contribution in [-0.4, -0.2) is 134 Å². The second-order valence-corrected chi connectivity index (χ2v) is 20.3. The zero-order valence-corrected chi connectivity index (χ0v) is 43.5. The summed E-state index contributed by atoms with van der Waals surface area (Å²) < 4.78 is 56.1. The summed E-state index contributed by atoms with van der Waals surface area (Å²) in [5.41, 5.74) is 0.685.